The molecular formula is C26H33N3O6S. The summed E-state index contributed by atoms with van der Waals surface area (Å²) in [5.41, 5.74) is 1.38. The van der Waals surface area contributed by atoms with E-state index in [0.717, 1.165) is 24.8 Å². The summed E-state index contributed by atoms with van der Waals surface area (Å²) in [6.45, 7) is 3.94. The molecule has 0 aromatic heterocycles. The quantitative estimate of drug-likeness (QED) is 0.607. The number of benzene rings is 2. The van der Waals surface area contributed by atoms with E-state index >= 15 is 0 Å². The van der Waals surface area contributed by atoms with Crippen molar-refractivity contribution in [3.63, 3.8) is 0 Å². The second-order valence-corrected chi connectivity index (χ2v) is 11.3. The maximum absolute atomic E-state index is 13.2. The van der Waals surface area contributed by atoms with E-state index in [2.05, 4.69) is 4.72 Å². The number of nitrogens with one attached hydrogen (secondary N) is 1. The molecule has 1 N–H and O–H groups in total. The Morgan fingerprint density at radius 3 is 2.19 bits per heavy atom. The van der Waals surface area contributed by atoms with Crippen molar-refractivity contribution >= 4 is 21.8 Å². The van der Waals surface area contributed by atoms with Gasteiger partial charge >= 0.3 is 0 Å². The van der Waals surface area contributed by atoms with Gasteiger partial charge in [-0.2, -0.15) is 0 Å². The van der Waals surface area contributed by atoms with Crippen molar-refractivity contribution in [1.82, 2.24) is 14.5 Å². The number of carbonyl (C=O) groups is 2. The van der Waals surface area contributed by atoms with Gasteiger partial charge in [-0.1, -0.05) is 17.7 Å². The number of aryl methyl sites for hydroxylation is 1. The van der Waals surface area contributed by atoms with Gasteiger partial charge in [-0.25, -0.2) is 13.1 Å². The predicted octanol–water partition coefficient (Wildman–Crippen LogP) is 2.45. The number of methoxy groups -OCH3 is 2. The molecule has 0 aliphatic carbocycles. The molecule has 2 amide bonds. The fraction of sp³-hybridized carbons (Fsp3) is 0.462. The van der Waals surface area contributed by atoms with E-state index in [-0.39, 0.29) is 28.7 Å². The highest BCUT2D eigenvalue weighted by Gasteiger charge is 2.43. The largest absolute Gasteiger partial charge is 0.497 e. The Balaban J connectivity index is 1.32. The second-order valence-electron chi connectivity index (χ2n) is 9.56. The van der Waals surface area contributed by atoms with Crippen molar-refractivity contribution in [3.8, 4) is 11.5 Å². The summed E-state index contributed by atoms with van der Waals surface area (Å²) in [6.07, 6.45) is 2.40. The van der Waals surface area contributed by atoms with E-state index in [0.29, 0.717) is 43.2 Å². The molecule has 2 aliphatic rings. The van der Waals surface area contributed by atoms with Gasteiger partial charge in [0.15, 0.2) is 0 Å². The smallest absolute Gasteiger partial charge is 0.257 e. The van der Waals surface area contributed by atoms with Crippen LogP contribution in [0.2, 0.25) is 0 Å². The first-order valence-corrected chi connectivity index (χ1v) is 13.5. The molecule has 0 radical (unpaired) electrons. The number of carbonyl (C=O) groups excluding carboxylic acids is 2. The maximum Gasteiger partial charge on any atom is 0.257 e. The zero-order valence-corrected chi connectivity index (χ0v) is 21.8. The van der Waals surface area contributed by atoms with Crippen LogP contribution in [0.4, 0.5) is 0 Å². The van der Waals surface area contributed by atoms with Crippen LogP contribution in [0, 0.1) is 12.3 Å². The van der Waals surface area contributed by atoms with Gasteiger partial charge in [-0.3, -0.25) is 9.59 Å². The Morgan fingerprint density at radius 1 is 0.944 bits per heavy atom. The topological polar surface area (TPSA) is 105 Å². The number of piperidine rings is 1. The first-order chi connectivity index (χ1) is 17.2. The van der Waals surface area contributed by atoms with E-state index in [1.807, 2.05) is 11.8 Å². The predicted molar refractivity (Wildman–Crippen MR) is 135 cm³/mol. The van der Waals surface area contributed by atoms with Gasteiger partial charge in [0.2, 0.25) is 15.9 Å². The van der Waals surface area contributed by atoms with Gasteiger partial charge in [0, 0.05) is 26.2 Å². The lowest BCUT2D eigenvalue weighted by Crippen LogP contribution is -2.45. The fourth-order valence-electron chi connectivity index (χ4n) is 4.96. The van der Waals surface area contributed by atoms with Crippen LogP contribution in [0.3, 0.4) is 0 Å². The Hall–Kier alpha value is -3.11. The van der Waals surface area contributed by atoms with Gasteiger partial charge in [0.25, 0.3) is 5.91 Å². The summed E-state index contributed by atoms with van der Waals surface area (Å²) in [4.78, 5) is 29.7. The fourth-order valence-corrected chi connectivity index (χ4v) is 5.94. The van der Waals surface area contributed by atoms with Crippen molar-refractivity contribution in [2.75, 3.05) is 46.9 Å². The SMILES string of the molecule is COc1ccc(OC)c(C(=O)N2CCC3(CCN(C(=O)CNS(=O)(=O)c4ccc(C)cc4)C3)CC2)c1. The molecule has 0 unspecified atom stereocenters. The lowest BCUT2D eigenvalue weighted by atomic mass is 9.77. The van der Waals surface area contributed by atoms with Crippen LogP contribution in [0.15, 0.2) is 47.4 Å². The maximum atomic E-state index is 13.2. The number of nitrogens with zero attached hydrogens (tertiary/aromatic N) is 2. The number of hydrogen-bond donors (Lipinski definition) is 1. The molecule has 2 saturated heterocycles. The molecule has 1 spiro atoms. The number of rotatable bonds is 7. The highest BCUT2D eigenvalue weighted by atomic mass is 32.2. The first-order valence-electron chi connectivity index (χ1n) is 12.0. The molecule has 2 aromatic carbocycles. The van der Waals surface area contributed by atoms with Crippen LogP contribution in [-0.4, -0.2) is 77.0 Å². The Bertz CT molecular complexity index is 1220. The molecular weight excluding hydrogens is 482 g/mol. The molecule has 2 heterocycles. The van der Waals surface area contributed by atoms with Crippen molar-refractivity contribution in [2.45, 2.75) is 31.1 Å². The summed E-state index contributed by atoms with van der Waals surface area (Å²) in [5.74, 6) is 0.765. The molecule has 0 atom stereocenters. The van der Waals surface area contributed by atoms with Crippen LogP contribution in [0.1, 0.15) is 35.2 Å². The summed E-state index contributed by atoms with van der Waals surface area (Å²) in [5, 5.41) is 0. The summed E-state index contributed by atoms with van der Waals surface area (Å²) in [7, 11) is -0.657. The van der Waals surface area contributed by atoms with E-state index in [4.69, 9.17) is 9.47 Å². The minimum atomic E-state index is -3.75. The highest BCUT2D eigenvalue weighted by molar-refractivity contribution is 7.89. The first kappa shape index (κ1) is 26.0. The van der Waals surface area contributed by atoms with Crippen molar-refractivity contribution in [3.05, 3.63) is 53.6 Å². The Morgan fingerprint density at radius 2 is 1.58 bits per heavy atom. The van der Waals surface area contributed by atoms with Gasteiger partial charge in [-0.05, 0) is 61.9 Å². The lowest BCUT2D eigenvalue weighted by molar-refractivity contribution is -0.129. The number of likely N-dealkylation sites (tertiary alicyclic amines) is 2. The van der Waals surface area contributed by atoms with Crippen LogP contribution < -0.4 is 14.2 Å². The highest BCUT2D eigenvalue weighted by Crippen LogP contribution is 2.41. The summed E-state index contributed by atoms with van der Waals surface area (Å²) in [6, 6.07) is 11.7. The molecule has 4 rings (SSSR count). The number of amides is 2. The molecule has 0 saturated carbocycles. The lowest BCUT2D eigenvalue weighted by Gasteiger charge is -2.39. The van der Waals surface area contributed by atoms with E-state index in [1.165, 1.54) is 19.2 Å². The number of hydrogen-bond acceptors (Lipinski definition) is 6. The number of ether oxygens (including phenoxy) is 2. The third-order valence-corrected chi connectivity index (χ3v) is 8.70. The van der Waals surface area contributed by atoms with Crippen molar-refractivity contribution < 1.29 is 27.5 Å². The van der Waals surface area contributed by atoms with Gasteiger partial charge in [-0.15, -0.1) is 0 Å². The zero-order valence-electron chi connectivity index (χ0n) is 21.0. The third kappa shape index (κ3) is 5.49. The zero-order chi connectivity index (χ0) is 25.9. The monoisotopic (exact) mass is 515 g/mol. The van der Waals surface area contributed by atoms with Crippen LogP contribution >= 0.6 is 0 Å². The minimum Gasteiger partial charge on any atom is -0.497 e. The molecule has 36 heavy (non-hydrogen) atoms. The third-order valence-electron chi connectivity index (χ3n) is 7.28. The van der Waals surface area contributed by atoms with Gasteiger partial charge in [0.1, 0.15) is 11.5 Å². The van der Waals surface area contributed by atoms with E-state index in [1.54, 1.807) is 42.3 Å². The van der Waals surface area contributed by atoms with Crippen molar-refractivity contribution in [2.24, 2.45) is 5.41 Å². The summed E-state index contributed by atoms with van der Waals surface area (Å²) >= 11 is 0. The Labute approximate surface area is 212 Å². The number of sulfonamides is 1. The Kier molecular flexibility index (Phi) is 7.56. The van der Waals surface area contributed by atoms with E-state index in [9.17, 15) is 18.0 Å². The van der Waals surface area contributed by atoms with Crippen LogP contribution in [0.5, 0.6) is 11.5 Å². The van der Waals surface area contributed by atoms with Gasteiger partial charge < -0.3 is 19.3 Å². The molecule has 0 bridgehead atoms. The second kappa shape index (κ2) is 10.5. The molecule has 9 nitrogen and oxygen atoms in total. The standard InChI is InChI=1S/C26H33N3O6S/c1-19-4-7-21(8-5-19)36(32,33)27-17-24(30)29-15-12-26(18-29)10-13-28(14-11-26)25(31)22-16-20(34-2)6-9-23(22)35-3/h4-9,16,27H,10-15,17-18H2,1-3H3. The molecule has 10 heteroatoms. The normalized spacial score (nSPS) is 17.3. The summed E-state index contributed by atoms with van der Waals surface area (Å²) < 4.78 is 38.1. The minimum absolute atomic E-state index is 0.0548. The molecule has 194 valence electrons. The van der Waals surface area contributed by atoms with E-state index < -0.39 is 10.0 Å². The molecule has 2 aromatic rings. The van der Waals surface area contributed by atoms with Crippen LogP contribution in [-0.2, 0) is 14.8 Å². The molecule has 2 aliphatic heterocycles. The molecule has 2 fully saturated rings. The average Bonchev–Trinajstić information content (AvgIpc) is 3.30. The van der Waals surface area contributed by atoms with Crippen LogP contribution in [0.25, 0.3) is 0 Å². The average molecular weight is 516 g/mol. The van der Waals surface area contributed by atoms with Crippen molar-refractivity contribution in [1.29, 1.82) is 0 Å². The van der Waals surface area contributed by atoms with Gasteiger partial charge in [0.05, 0.1) is 31.2 Å².